The maximum absolute atomic E-state index is 12.9. The number of hydrogen-bond donors (Lipinski definition) is 2. The number of aryl methyl sites for hydroxylation is 1. The summed E-state index contributed by atoms with van der Waals surface area (Å²) in [4.78, 5) is 24.0. The van der Waals surface area contributed by atoms with Crippen LogP contribution in [0.3, 0.4) is 0 Å². The van der Waals surface area contributed by atoms with Crippen molar-refractivity contribution in [2.75, 3.05) is 30.8 Å². The van der Waals surface area contributed by atoms with Gasteiger partial charge in [0.1, 0.15) is 11.6 Å². The Morgan fingerprint density at radius 3 is 2.58 bits per heavy atom. The van der Waals surface area contributed by atoms with E-state index >= 15 is 0 Å². The van der Waals surface area contributed by atoms with Gasteiger partial charge in [-0.15, -0.1) is 0 Å². The van der Waals surface area contributed by atoms with Gasteiger partial charge in [-0.1, -0.05) is 12.1 Å². The number of carbonyl (C=O) groups excluding carboxylic acids is 1. The summed E-state index contributed by atoms with van der Waals surface area (Å²) in [6.07, 6.45) is 9.39. The molecule has 0 atom stereocenters. The molecule has 33 heavy (non-hydrogen) atoms. The molecular formula is C25H27N7O. The van der Waals surface area contributed by atoms with Crippen LogP contribution in [0.1, 0.15) is 23.2 Å². The molecule has 0 bridgehead atoms. The summed E-state index contributed by atoms with van der Waals surface area (Å²) in [5, 5.41) is 12.6. The second-order valence-corrected chi connectivity index (χ2v) is 8.64. The zero-order chi connectivity index (χ0) is 22.8. The van der Waals surface area contributed by atoms with E-state index in [1.165, 1.54) is 0 Å². The molecule has 4 aromatic rings. The maximum Gasteiger partial charge on any atom is 0.257 e. The molecule has 2 N–H and O–H groups in total. The summed E-state index contributed by atoms with van der Waals surface area (Å²) < 4.78 is 1.78. The monoisotopic (exact) mass is 441 g/mol. The van der Waals surface area contributed by atoms with Crippen molar-refractivity contribution in [2.45, 2.75) is 18.9 Å². The van der Waals surface area contributed by atoms with Crippen molar-refractivity contribution >= 4 is 28.3 Å². The Labute approximate surface area is 192 Å². The first kappa shape index (κ1) is 21.1. The highest BCUT2D eigenvalue weighted by atomic mass is 16.1. The van der Waals surface area contributed by atoms with Crippen molar-refractivity contribution < 1.29 is 4.79 Å². The van der Waals surface area contributed by atoms with Crippen LogP contribution in [-0.4, -0.2) is 56.7 Å². The summed E-state index contributed by atoms with van der Waals surface area (Å²) in [6, 6.07) is 12.0. The highest BCUT2D eigenvalue weighted by Gasteiger charge is 2.17. The molecule has 0 aliphatic carbocycles. The molecular weight excluding hydrogens is 414 g/mol. The molecule has 5 rings (SSSR count). The molecule has 0 spiro atoms. The second kappa shape index (κ2) is 8.99. The Morgan fingerprint density at radius 2 is 1.79 bits per heavy atom. The molecule has 1 aliphatic heterocycles. The van der Waals surface area contributed by atoms with Gasteiger partial charge < -0.3 is 15.5 Å². The molecule has 0 unspecified atom stereocenters. The first-order valence-electron chi connectivity index (χ1n) is 11.1. The lowest BCUT2D eigenvalue weighted by atomic mass is 10.0. The Balaban J connectivity index is 1.31. The number of hydrogen-bond acceptors (Lipinski definition) is 6. The van der Waals surface area contributed by atoms with E-state index in [1.807, 2.05) is 31.6 Å². The van der Waals surface area contributed by atoms with E-state index in [-0.39, 0.29) is 5.91 Å². The molecule has 1 aromatic carbocycles. The molecule has 0 saturated carbocycles. The van der Waals surface area contributed by atoms with Crippen molar-refractivity contribution in [3.8, 4) is 11.1 Å². The third-order valence-corrected chi connectivity index (χ3v) is 6.09. The van der Waals surface area contributed by atoms with Gasteiger partial charge in [-0.3, -0.25) is 9.48 Å². The van der Waals surface area contributed by atoms with Gasteiger partial charge in [0.05, 0.1) is 6.20 Å². The van der Waals surface area contributed by atoms with E-state index in [1.54, 1.807) is 29.2 Å². The SMILES string of the molecule is CN1CCC(Nc2cc(C(=O)Nc3cc4cc(-c5cnn(C)c5)ccc4cn3)ccn2)CC1. The first-order valence-corrected chi connectivity index (χ1v) is 11.1. The number of anilines is 2. The largest absolute Gasteiger partial charge is 0.367 e. The molecule has 8 nitrogen and oxygen atoms in total. The zero-order valence-corrected chi connectivity index (χ0v) is 18.8. The number of benzene rings is 1. The second-order valence-electron chi connectivity index (χ2n) is 8.64. The van der Waals surface area contributed by atoms with Gasteiger partial charge in [-0.2, -0.15) is 5.10 Å². The van der Waals surface area contributed by atoms with Crippen LogP contribution in [0.2, 0.25) is 0 Å². The molecule has 8 heteroatoms. The highest BCUT2D eigenvalue weighted by Crippen LogP contribution is 2.25. The van der Waals surface area contributed by atoms with Crippen LogP contribution in [-0.2, 0) is 7.05 Å². The van der Waals surface area contributed by atoms with Gasteiger partial charge in [-0.05, 0) is 68.2 Å². The smallest absolute Gasteiger partial charge is 0.257 e. The molecule has 1 saturated heterocycles. The average molecular weight is 442 g/mol. The number of nitrogens with one attached hydrogen (secondary N) is 2. The summed E-state index contributed by atoms with van der Waals surface area (Å²) in [5.41, 5.74) is 2.66. The van der Waals surface area contributed by atoms with Crippen LogP contribution in [0.5, 0.6) is 0 Å². The number of likely N-dealkylation sites (tertiary alicyclic amines) is 1. The van der Waals surface area contributed by atoms with Gasteiger partial charge in [-0.25, -0.2) is 9.97 Å². The van der Waals surface area contributed by atoms with Crippen LogP contribution in [0.4, 0.5) is 11.6 Å². The maximum atomic E-state index is 12.9. The van der Waals surface area contributed by atoms with Gasteiger partial charge in [0.25, 0.3) is 5.91 Å². The number of pyridine rings is 2. The number of nitrogens with zero attached hydrogens (tertiary/aromatic N) is 5. The molecule has 1 fully saturated rings. The van der Waals surface area contributed by atoms with Gasteiger partial charge in [0.15, 0.2) is 0 Å². The van der Waals surface area contributed by atoms with Crippen molar-refractivity contribution in [3.05, 3.63) is 66.7 Å². The lowest BCUT2D eigenvalue weighted by Gasteiger charge is -2.29. The van der Waals surface area contributed by atoms with Crippen LogP contribution < -0.4 is 10.6 Å². The summed E-state index contributed by atoms with van der Waals surface area (Å²) in [5.74, 6) is 1.03. The van der Waals surface area contributed by atoms with Crippen LogP contribution in [0.15, 0.2) is 61.2 Å². The molecule has 1 amide bonds. The Kier molecular flexibility index (Phi) is 5.75. The van der Waals surface area contributed by atoms with E-state index in [4.69, 9.17) is 0 Å². The quantitative estimate of drug-likeness (QED) is 0.490. The third-order valence-electron chi connectivity index (χ3n) is 6.09. The number of fused-ring (bicyclic) bond motifs is 1. The fraction of sp³-hybridized carbons (Fsp3) is 0.280. The topological polar surface area (TPSA) is 88.0 Å². The van der Waals surface area contributed by atoms with Crippen LogP contribution >= 0.6 is 0 Å². The third kappa shape index (κ3) is 4.85. The van der Waals surface area contributed by atoms with Gasteiger partial charge in [0, 0.05) is 48.2 Å². The average Bonchev–Trinajstić information content (AvgIpc) is 3.26. The van der Waals surface area contributed by atoms with Crippen LogP contribution in [0, 0.1) is 0 Å². The summed E-state index contributed by atoms with van der Waals surface area (Å²) in [6.45, 7) is 2.13. The number of carbonyl (C=O) groups is 1. The molecule has 1 aliphatic rings. The minimum atomic E-state index is -0.209. The molecule has 4 heterocycles. The number of amides is 1. The zero-order valence-electron chi connectivity index (χ0n) is 18.8. The number of aromatic nitrogens is 4. The Morgan fingerprint density at radius 1 is 0.939 bits per heavy atom. The predicted molar refractivity (Wildman–Crippen MR) is 130 cm³/mol. The van der Waals surface area contributed by atoms with Crippen LogP contribution in [0.25, 0.3) is 21.9 Å². The van der Waals surface area contributed by atoms with Crippen molar-refractivity contribution in [1.29, 1.82) is 0 Å². The lowest BCUT2D eigenvalue weighted by molar-refractivity contribution is 0.102. The summed E-state index contributed by atoms with van der Waals surface area (Å²) in [7, 11) is 4.04. The Bertz CT molecular complexity index is 1290. The lowest BCUT2D eigenvalue weighted by Crippen LogP contribution is -2.36. The van der Waals surface area contributed by atoms with E-state index in [2.05, 4.69) is 49.8 Å². The Hall–Kier alpha value is -3.78. The number of piperidine rings is 1. The normalized spacial score (nSPS) is 15.0. The standard InChI is InChI=1S/C25H27N7O/c1-31-9-6-22(7-10-31)29-23-12-18(5-8-26-23)25(33)30-24-13-20-11-17(3-4-19(20)14-27-24)21-15-28-32(2)16-21/h3-5,8,11-16,22H,6-7,9-10H2,1-2H3,(H,26,29)(H,27,30,33). The fourth-order valence-corrected chi connectivity index (χ4v) is 4.16. The van der Waals surface area contributed by atoms with E-state index in [0.29, 0.717) is 17.4 Å². The summed E-state index contributed by atoms with van der Waals surface area (Å²) >= 11 is 0. The van der Waals surface area contributed by atoms with E-state index in [0.717, 1.165) is 53.6 Å². The molecule has 168 valence electrons. The van der Waals surface area contributed by atoms with Crippen molar-refractivity contribution in [2.24, 2.45) is 7.05 Å². The fourth-order valence-electron chi connectivity index (χ4n) is 4.16. The number of rotatable bonds is 5. The van der Waals surface area contributed by atoms with E-state index in [9.17, 15) is 4.79 Å². The van der Waals surface area contributed by atoms with E-state index < -0.39 is 0 Å². The first-order chi connectivity index (χ1) is 16.0. The van der Waals surface area contributed by atoms with Crippen molar-refractivity contribution in [1.82, 2.24) is 24.6 Å². The highest BCUT2D eigenvalue weighted by molar-refractivity contribution is 6.05. The molecule has 3 aromatic heterocycles. The van der Waals surface area contributed by atoms with Gasteiger partial charge in [0.2, 0.25) is 0 Å². The minimum absolute atomic E-state index is 0.209. The van der Waals surface area contributed by atoms with Gasteiger partial charge >= 0.3 is 0 Å². The molecule has 0 radical (unpaired) electrons. The van der Waals surface area contributed by atoms with Crippen molar-refractivity contribution in [3.63, 3.8) is 0 Å². The predicted octanol–water partition coefficient (Wildman–Crippen LogP) is 3.79. The minimum Gasteiger partial charge on any atom is -0.367 e.